The minimum absolute atomic E-state index is 0.112. The predicted molar refractivity (Wildman–Crippen MR) is 57.6 cm³/mol. The smallest absolute Gasteiger partial charge is 0.267 e. The minimum atomic E-state index is 0.112. The molecule has 0 bridgehead atoms. The summed E-state index contributed by atoms with van der Waals surface area (Å²) in [5.74, 6) is 0.692. The number of pyridine rings is 1. The van der Waals surface area contributed by atoms with Gasteiger partial charge in [0.15, 0.2) is 0 Å². The van der Waals surface area contributed by atoms with Gasteiger partial charge in [-0.2, -0.15) is 0 Å². The van der Waals surface area contributed by atoms with Crippen molar-refractivity contribution in [2.45, 2.75) is 0 Å². The summed E-state index contributed by atoms with van der Waals surface area (Å²) in [7, 11) is 1.54. The van der Waals surface area contributed by atoms with E-state index in [1.54, 1.807) is 18.2 Å². The molecule has 0 aliphatic carbocycles. The fourth-order valence-electron chi connectivity index (χ4n) is 1.43. The van der Waals surface area contributed by atoms with Crippen LogP contribution in [0.15, 0.2) is 24.4 Å². The molecule has 0 fully saturated rings. The van der Waals surface area contributed by atoms with Crippen LogP contribution in [0.25, 0.3) is 10.8 Å². The molecule has 1 aromatic heterocycles. The zero-order chi connectivity index (χ0) is 11.5. The second-order valence-corrected chi connectivity index (χ2v) is 3.42. The molecule has 0 aliphatic heterocycles. The minimum Gasteiger partial charge on any atom is -0.494 e. The van der Waals surface area contributed by atoms with Crippen molar-refractivity contribution in [3.63, 3.8) is 0 Å². The number of nitrogens with zero attached hydrogens (tertiary/aromatic N) is 1. The van der Waals surface area contributed by atoms with Crippen molar-refractivity contribution in [3.05, 3.63) is 29.4 Å². The van der Waals surface area contributed by atoms with Crippen molar-refractivity contribution in [1.82, 2.24) is 4.98 Å². The van der Waals surface area contributed by atoms with E-state index in [-0.39, 0.29) is 5.88 Å². The van der Waals surface area contributed by atoms with Crippen molar-refractivity contribution in [1.29, 1.82) is 0 Å². The lowest BCUT2D eigenvalue weighted by molar-refractivity contribution is -0.439. The Bertz CT molecular complexity index is 517. The number of fused-ring (bicyclic) bond motifs is 1. The van der Waals surface area contributed by atoms with Crippen molar-refractivity contribution in [2.75, 3.05) is 7.11 Å². The largest absolute Gasteiger partial charge is 0.494 e. The topological polar surface area (TPSA) is 60.8 Å². The number of methoxy groups -OCH3 is 1. The molecule has 16 heavy (non-hydrogen) atoms. The standard InChI is InChI=1S/C10H8ClNO4/c1-14-9-5-12-10(15-16-13)8-4-6(11)2-3-7(8)9/h2-5,13H,1H3. The maximum Gasteiger partial charge on any atom is 0.267 e. The Labute approximate surface area is 96.0 Å². The van der Waals surface area contributed by atoms with Gasteiger partial charge in [0.05, 0.1) is 18.7 Å². The quantitative estimate of drug-likeness (QED) is 0.661. The fraction of sp³-hybridized carbons (Fsp3) is 0.100. The Morgan fingerprint density at radius 1 is 1.31 bits per heavy atom. The van der Waals surface area contributed by atoms with E-state index >= 15 is 0 Å². The molecule has 2 rings (SSSR count). The summed E-state index contributed by atoms with van der Waals surface area (Å²) < 4.78 is 5.14. The summed E-state index contributed by atoms with van der Waals surface area (Å²) in [6.45, 7) is 0. The van der Waals surface area contributed by atoms with Crippen LogP contribution in [0.2, 0.25) is 5.02 Å². The van der Waals surface area contributed by atoms with Crippen LogP contribution >= 0.6 is 11.6 Å². The molecule has 84 valence electrons. The van der Waals surface area contributed by atoms with Crippen LogP contribution in [-0.2, 0) is 5.04 Å². The molecule has 6 heteroatoms. The molecule has 0 saturated carbocycles. The van der Waals surface area contributed by atoms with E-state index in [1.165, 1.54) is 13.3 Å². The lowest BCUT2D eigenvalue weighted by atomic mass is 10.1. The Morgan fingerprint density at radius 3 is 2.81 bits per heavy atom. The molecule has 2 aromatic rings. The first kappa shape index (κ1) is 10.9. The van der Waals surface area contributed by atoms with E-state index in [2.05, 4.69) is 14.9 Å². The Kier molecular flexibility index (Phi) is 3.09. The predicted octanol–water partition coefficient (Wildman–Crippen LogP) is 2.68. The van der Waals surface area contributed by atoms with E-state index in [1.807, 2.05) is 0 Å². The molecule has 1 aromatic carbocycles. The van der Waals surface area contributed by atoms with Gasteiger partial charge in [0.25, 0.3) is 5.88 Å². The van der Waals surface area contributed by atoms with Crippen molar-refractivity contribution in [2.24, 2.45) is 0 Å². The maximum absolute atomic E-state index is 8.25. The van der Waals surface area contributed by atoms with E-state index in [0.29, 0.717) is 16.2 Å². The molecule has 0 atom stereocenters. The van der Waals surface area contributed by atoms with Gasteiger partial charge in [-0.25, -0.2) is 10.2 Å². The van der Waals surface area contributed by atoms with Gasteiger partial charge in [0.2, 0.25) is 0 Å². The average molecular weight is 242 g/mol. The Morgan fingerprint density at radius 2 is 2.12 bits per heavy atom. The van der Waals surface area contributed by atoms with Crippen LogP contribution in [0.3, 0.4) is 0 Å². The molecule has 1 N–H and O–H groups in total. The number of hydrogen-bond acceptors (Lipinski definition) is 5. The number of benzene rings is 1. The lowest BCUT2D eigenvalue weighted by Crippen LogP contribution is -1.96. The zero-order valence-corrected chi connectivity index (χ0v) is 9.06. The van der Waals surface area contributed by atoms with Crippen LogP contribution in [0.1, 0.15) is 0 Å². The summed E-state index contributed by atoms with van der Waals surface area (Å²) in [6, 6.07) is 5.12. The first-order valence-corrected chi connectivity index (χ1v) is 4.74. The second kappa shape index (κ2) is 4.52. The third-order valence-corrected chi connectivity index (χ3v) is 2.35. The Balaban J connectivity index is 2.70. The van der Waals surface area contributed by atoms with Gasteiger partial charge in [0.1, 0.15) is 5.75 Å². The SMILES string of the molecule is COc1cnc(OOO)c2cc(Cl)ccc12. The summed E-state index contributed by atoms with van der Waals surface area (Å²) in [5.41, 5.74) is 0. The third kappa shape index (κ3) is 1.88. The summed E-state index contributed by atoms with van der Waals surface area (Å²) in [4.78, 5) is 8.42. The van der Waals surface area contributed by atoms with Crippen LogP contribution in [-0.4, -0.2) is 17.4 Å². The van der Waals surface area contributed by atoms with Crippen molar-refractivity contribution >= 4 is 22.4 Å². The van der Waals surface area contributed by atoms with E-state index in [4.69, 9.17) is 21.6 Å². The van der Waals surface area contributed by atoms with Crippen molar-refractivity contribution in [3.8, 4) is 11.6 Å². The number of ether oxygens (including phenoxy) is 1. The van der Waals surface area contributed by atoms with Gasteiger partial charge in [0, 0.05) is 10.4 Å². The summed E-state index contributed by atoms with van der Waals surface area (Å²) in [6.07, 6.45) is 1.46. The van der Waals surface area contributed by atoms with Gasteiger partial charge >= 0.3 is 0 Å². The number of hydrogen-bond donors (Lipinski definition) is 1. The van der Waals surface area contributed by atoms with Crippen molar-refractivity contribution < 1.29 is 19.9 Å². The molecular formula is C10H8ClNO4. The summed E-state index contributed by atoms with van der Waals surface area (Å²) in [5, 5.41) is 13.7. The molecular weight excluding hydrogens is 234 g/mol. The Hall–Kier alpha value is -1.56. The molecule has 0 aliphatic rings. The average Bonchev–Trinajstić information content (AvgIpc) is 2.30. The molecule has 0 amide bonds. The van der Waals surface area contributed by atoms with Gasteiger partial charge in [-0.15, -0.1) is 0 Å². The molecule has 1 heterocycles. The van der Waals surface area contributed by atoms with Gasteiger partial charge < -0.3 is 4.74 Å². The van der Waals surface area contributed by atoms with E-state index in [9.17, 15) is 0 Å². The molecule has 0 spiro atoms. The normalized spacial score (nSPS) is 10.4. The highest BCUT2D eigenvalue weighted by atomic mass is 35.5. The van der Waals surface area contributed by atoms with Crippen LogP contribution in [0.5, 0.6) is 11.6 Å². The van der Waals surface area contributed by atoms with E-state index < -0.39 is 0 Å². The number of rotatable bonds is 3. The van der Waals surface area contributed by atoms with Crippen LogP contribution in [0.4, 0.5) is 0 Å². The third-order valence-electron chi connectivity index (χ3n) is 2.11. The lowest BCUT2D eigenvalue weighted by Gasteiger charge is -2.07. The highest BCUT2D eigenvalue weighted by molar-refractivity contribution is 6.31. The number of halogens is 1. The monoisotopic (exact) mass is 241 g/mol. The second-order valence-electron chi connectivity index (χ2n) is 2.98. The first-order chi connectivity index (χ1) is 7.76. The molecule has 0 radical (unpaired) electrons. The van der Waals surface area contributed by atoms with Gasteiger partial charge in [-0.05, 0) is 23.2 Å². The van der Waals surface area contributed by atoms with E-state index in [0.717, 1.165) is 5.39 Å². The maximum atomic E-state index is 8.25. The van der Waals surface area contributed by atoms with Gasteiger partial charge in [-0.3, -0.25) is 4.89 Å². The van der Waals surface area contributed by atoms with Gasteiger partial charge in [-0.1, -0.05) is 11.6 Å². The van der Waals surface area contributed by atoms with Crippen LogP contribution in [0, 0.1) is 0 Å². The highest BCUT2D eigenvalue weighted by Gasteiger charge is 2.10. The zero-order valence-electron chi connectivity index (χ0n) is 8.31. The first-order valence-electron chi connectivity index (χ1n) is 4.36. The highest BCUT2D eigenvalue weighted by Crippen LogP contribution is 2.32. The summed E-state index contributed by atoms with van der Waals surface area (Å²) >= 11 is 5.86. The molecule has 0 unspecified atom stereocenters. The molecule has 5 nitrogen and oxygen atoms in total. The van der Waals surface area contributed by atoms with Crippen LogP contribution < -0.4 is 9.62 Å². The fourth-order valence-corrected chi connectivity index (χ4v) is 1.60. The molecule has 0 saturated heterocycles. The number of aromatic nitrogens is 1.